The number of rotatable bonds is 6. The van der Waals surface area contributed by atoms with Gasteiger partial charge in [0.2, 0.25) is 10.0 Å². The summed E-state index contributed by atoms with van der Waals surface area (Å²) >= 11 is 0. The Balaban J connectivity index is 1.71. The highest BCUT2D eigenvalue weighted by Gasteiger charge is 2.25. The van der Waals surface area contributed by atoms with E-state index in [1.54, 1.807) is 23.0 Å². The van der Waals surface area contributed by atoms with Gasteiger partial charge in [-0.05, 0) is 44.2 Å². The molecule has 3 rings (SSSR count). The second-order valence-corrected chi connectivity index (χ2v) is 8.58. The minimum absolute atomic E-state index is 0.144. The lowest BCUT2D eigenvalue weighted by molar-refractivity contribution is 0.0936. The quantitative estimate of drug-likeness (QED) is 0.755. The number of hydrogen-bond acceptors (Lipinski definition) is 5. The fourth-order valence-electron chi connectivity index (χ4n) is 3.05. The lowest BCUT2D eigenvalue weighted by Crippen LogP contribution is -2.36. The van der Waals surface area contributed by atoms with Crippen molar-refractivity contribution in [2.45, 2.75) is 30.8 Å². The van der Waals surface area contributed by atoms with E-state index in [1.807, 2.05) is 19.2 Å². The number of aromatic nitrogens is 2. The summed E-state index contributed by atoms with van der Waals surface area (Å²) in [6.45, 7) is 4.77. The maximum atomic E-state index is 12.9. The largest absolute Gasteiger partial charge is 0.348 e. The zero-order chi connectivity index (χ0) is 19.3. The molecule has 0 radical (unpaired) electrons. The summed E-state index contributed by atoms with van der Waals surface area (Å²) in [7, 11) is -3.61. The molecule has 1 amide bonds. The Hall–Kier alpha value is -2.23. The highest BCUT2D eigenvalue weighted by atomic mass is 32.2. The van der Waals surface area contributed by atoms with Crippen molar-refractivity contribution in [3.63, 3.8) is 0 Å². The molecule has 8 nitrogen and oxygen atoms in total. The Labute approximate surface area is 159 Å². The lowest BCUT2D eigenvalue weighted by Gasteiger charge is -2.20. The van der Waals surface area contributed by atoms with Gasteiger partial charge < -0.3 is 10.6 Å². The number of nitrogens with one attached hydrogen (secondary N) is 2. The Morgan fingerprint density at radius 3 is 2.93 bits per heavy atom. The van der Waals surface area contributed by atoms with Gasteiger partial charge >= 0.3 is 0 Å². The van der Waals surface area contributed by atoms with Gasteiger partial charge in [0.1, 0.15) is 0 Å². The molecule has 146 valence electrons. The van der Waals surface area contributed by atoms with Crippen LogP contribution in [0.5, 0.6) is 0 Å². The molecule has 27 heavy (non-hydrogen) atoms. The SMILES string of the molecule is CC(Cn1cccn1)NC(=O)c1cccc(S(=O)(=O)N2CCCNCC2)c1. The molecule has 1 fully saturated rings. The van der Waals surface area contributed by atoms with Gasteiger partial charge in [0.25, 0.3) is 5.91 Å². The van der Waals surface area contributed by atoms with Gasteiger partial charge in [-0.2, -0.15) is 9.40 Å². The Kier molecular flexibility index (Phi) is 6.25. The molecular weight excluding hydrogens is 366 g/mol. The molecule has 1 aliphatic heterocycles. The third-order valence-electron chi connectivity index (χ3n) is 4.43. The number of carbonyl (C=O) groups is 1. The Morgan fingerprint density at radius 1 is 1.30 bits per heavy atom. The topological polar surface area (TPSA) is 96.3 Å². The van der Waals surface area contributed by atoms with Gasteiger partial charge in [0.05, 0.1) is 11.4 Å². The number of hydrogen-bond donors (Lipinski definition) is 2. The smallest absolute Gasteiger partial charge is 0.251 e. The molecule has 0 aliphatic carbocycles. The first kappa shape index (κ1) is 19.5. The van der Waals surface area contributed by atoms with Crippen LogP contribution in [0.25, 0.3) is 0 Å². The van der Waals surface area contributed by atoms with E-state index < -0.39 is 10.0 Å². The Bertz CT molecular complexity index is 859. The standard InChI is InChI=1S/C18H25N5O3S/c1-15(14-22-10-4-8-20-22)21-18(24)16-5-2-6-17(13-16)27(25,26)23-11-3-7-19-9-12-23/h2,4-6,8,10,13,15,19H,3,7,9,11-12,14H2,1H3,(H,21,24). The molecule has 1 atom stereocenters. The van der Waals surface area contributed by atoms with Crippen LogP contribution in [0, 0.1) is 0 Å². The van der Waals surface area contributed by atoms with Crippen molar-refractivity contribution in [3.05, 3.63) is 48.3 Å². The van der Waals surface area contributed by atoms with Gasteiger partial charge in [-0.3, -0.25) is 9.48 Å². The molecule has 2 N–H and O–H groups in total. The summed E-state index contributed by atoms with van der Waals surface area (Å²) in [5.74, 6) is -0.302. The molecule has 9 heteroatoms. The molecular formula is C18H25N5O3S. The van der Waals surface area contributed by atoms with E-state index in [2.05, 4.69) is 15.7 Å². The first-order valence-electron chi connectivity index (χ1n) is 9.06. The average Bonchev–Trinajstić information content (AvgIpc) is 3.00. The van der Waals surface area contributed by atoms with Gasteiger partial charge in [0.15, 0.2) is 0 Å². The molecule has 1 aliphatic rings. The van der Waals surface area contributed by atoms with E-state index in [1.165, 1.54) is 16.4 Å². The van der Waals surface area contributed by atoms with Crippen LogP contribution >= 0.6 is 0 Å². The minimum Gasteiger partial charge on any atom is -0.348 e. The predicted molar refractivity (Wildman–Crippen MR) is 102 cm³/mol. The molecule has 1 saturated heterocycles. The number of sulfonamides is 1. The van der Waals surface area contributed by atoms with Crippen molar-refractivity contribution in [3.8, 4) is 0 Å². The third-order valence-corrected chi connectivity index (χ3v) is 6.33. The fourth-order valence-corrected chi connectivity index (χ4v) is 4.58. The highest BCUT2D eigenvalue weighted by Crippen LogP contribution is 2.18. The fraction of sp³-hybridized carbons (Fsp3) is 0.444. The second kappa shape index (κ2) is 8.64. The first-order valence-corrected chi connectivity index (χ1v) is 10.5. The van der Waals surface area contributed by atoms with Crippen molar-refractivity contribution in [2.75, 3.05) is 26.2 Å². The van der Waals surface area contributed by atoms with E-state index in [0.29, 0.717) is 31.7 Å². The zero-order valence-electron chi connectivity index (χ0n) is 15.3. The van der Waals surface area contributed by atoms with E-state index in [4.69, 9.17) is 0 Å². The van der Waals surface area contributed by atoms with Crippen molar-refractivity contribution < 1.29 is 13.2 Å². The van der Waals surface area contributed by atoms with Crippen molar-refractivity contribution in [1.82, 2.24) is 24.7 Å². The predicted octanol–water partition coefficient (Wildman–Crippen LogP) is 0.686. The molecule has 1 unspecified atom stereocenters. The van der Waals surface area contributed by atoms with E-state index in [0.717, 1.165) is 13.0 Å². The van der Waals surface area contributed by atoms with E-state index in [9.17, 15) is 13.2 Å². The molecule has 1 aromatic carbocycles. The number of benzene rings is 1. The Morgan fingerprint density at radius 2 is 2.15 bits per heavy atom. The van der Waals surface area contributed by atoms with Crippen LogP contribution in [-0.2, 0) is 16.6 Å². The van der Waals surface area contributed by atoms with Crippen LogP contribution in [0.15, 0.2) is 47.6 Å². The number of carbonyl (C=O) groups excluding carboxylic acids is 1. The van der Waals surface area contributed by atoms with Crippen LogP contribution in [0.2, 0.25) is 0 Å². The van der Waals surface area contributed by atoms with Crippen LogP contribution in [0.4, 0.5) is 0 Å². The van der Waals surface area contributed by atoms with Crippen molar-refractivity contribution in [2.24, 2.45) is 0 Å². The minimum atomic E-state index is -3.61. The number of nitrogens with zero attached hydrogens (tertiary/aromatic N) is 3. The summed E-state index contributed by atoms with van der Waals surface area (Å²) in [6, 6.07) is 7.90. The van der Waals surface area contributed by atoms with Crippen LogP contribution < -0.4 is 10.6 Å². The van der Waals surface area contributed by atoms with E-state index in [-0.39, 0.29) is 16.8 Å². The van der Waals surface area contributed by atoms with E-state index >= 15 is 0 Å². The molecule has 0 spiro atoms. The lowest BCUT2D eigenvalue weighted by atomic mass is 10.2. The monoisotopic (exact) mass is 391 g/mol. The molecule has 1 aromatic heterocycles. The van der Waals surface area contributed by atoms with Crippen LogP contribution in [0.1, 0.15) is 23.7 Å². The van der Waals surface area contributed by atoms with Gasteiger partial charge in [-0.25, -0.2) is 8.42 Å². The van der Waals surface area contributed by atoms with Crippen LogP contribution in [0.3, 0.4) is 0 Å². The average molecular weight is 391 g/mol. The summed E-state index contributed by atoms with van der Waals surface area (Å²) in [5, 5.41) is 10.2. The third kappa shape index (κ3) is 4.94. The summed E-state index contributed by atoms with van der Waals surface area (Å²) in [4.78, 5) is 12.7. The maximum Gasteiger partial charge on any atom is 0.251 e. The van der Waals surface area contributed by atoms with Gasteiger partial charge in [-0.15, -0.1) is 0 Å². The van der Waals surface area contributed by atoms with Gasteiger partial charge in [0, 0.05) is 43.6 Å². The summed E-state index contributed by atoms with van der Waals surface area (Å²) in [6.07, 6.45) is 4.28. The van der Waals surface area contributed by atoms with Crippen molar-refractivity contribution in [1.29, 1.82) is 0 Å². The van der Waals surface area contributed by atoms with Crippen LogP contribution in [-0.4, -0.2) is 60.6 Å². The first-order chi connectivity index (χ1) is 13.0. The summed E-state index contributed by atoms with van der Waals surface area (Å²) < 4.78 is 29.0. The zero-order valence-corrected chi connectivity index (χ0v) is 16.2. The molecule has 2 aromatic rings. The maximum absolute atomic E-state index is 12.9. The van der Waals surface area contributed by atoms with Gasteiger partial charge in [-0.1, -0.05) is 6.07 Å². The highest BCUT2D eigenvalue weighted by molar-refractivity contribution is 7.89. The number of amides is 1. The molecule has 0 bridgehead atoms. The second-order valence-electron chi connectivity index (χ2n) is 6.64. The molecule has 2 heterocycles. The van der Waals surface area contributed by atoms with Crippen molar-refractivity contribution >= 4 is 15.9 Å². The normalized spacial score (nSPS) is 17.2. The molecule has 0 saturated carbocycles. The summed E-state index contributed by atoms with van der Waals surface area (Å²) in [5.41, 5.74) is 0.330.